The second kappa shape index (κ2) is 7.58. The summed E-state index contributed by atoms with van der Waals surface area (Å²) in [6, 6.07) is 4.09. The number of piperidine rings is 1. The van der Waals surface area contributed by atoms with Crippen LogP contribution in [-0.4, -0.2) is 44.3 Å². The van der Waals surface area contributed by atoms with Crippen molar-refractivity contribution in [1.82, 2.24) is 24.6 Å². The molecule has 1 N–H and O–H groups in total. The highest BCUT2D eigenvalue weighted by atomic mass is 32.1. The largest absolute Gasteiger partial charge is 0.349 e. The summed E-state index contributed by atoms with van der Waals surface area (Å²) in [5.74, 6) is -0.335. The maximum absolute atomic E-state index is 12.6. The summed E-state index contributed by atoms with van der Waals surface area (Å²) < 4.78 is 1.50. The molecule has 1 saturated heterocycles. The smallest absolute Gasteiger partial charge is 0.271 e. The van der Waals surface area contributed by atoms with Gasteiger partial charge in [-0.15, -0.1) is 11.3 Å². The Balaban J connectivity index is 1.38. The molecule has 7 nitrogen and oxygen atoms in total. The Kier molecular flexibility index (Phi) is 5.00. The quantitative estimate of drug-likeness (QED) is 0.744. The summed E-state index contributed by atoms with van der Waals surface area (Å²) in [5, 5.41) is 4.87. The first-order valence-electron chi connectivity index (χ1n) is 9.00. The maximum atomic E-state index is 12.6. The van der Waals surface area contributed by atoms with Crippen molar-refractivity contribution >= 4 is 22.2 Å². The fourth-order valence-electron chi connectivity index (χ4n) is 3.43. The van der Waals surface area contributed by atoms with Gasteiger partial charge in [0.1, 0.15) is 5.56 Å². The Morgan fingerprint density at radius 3 is 2.89 bits per heavy atom. The molecule has 0 aliphatic carbocycles. The first-order valence-corrected chi connectivity index (χ1v) is 9.88. The predicted octanol–water partition coefficient (Wildman–Crippen LogP) is 1.85. The lowest BCUT2D eigenvalue weighted by Crippen LogP contribution is -2.45. The minimum absolute atomic E-state index is 0.0753. The van der Waals surface area contributed by atoms with Gasteiger partial charge in [-0.3, -0.25) is 23.9 Å². The van der Waals surface area contributed by atoms with Gasteiger partial charge in [0.15, 0.2) is 4.96 Å². The van der Waals surface area contributed by atoms with Gasteiger partial charge < -0.3 is 5.32 Å². The Labute approximate surface area is 160 Å². The van der Waals surface area contributed by atoms with E-state index in [4.69, 9.17) is 0 Å². The van der Waals surface area contributed by atoms with E-state index in [0.29, 0.717) is 4.96 Å². The SMILES string of the molecule is Cc1csc2ncc(C(=O)NC3CCN(Cc4cccnc4)CC3)c(=O)n12. The number of nitrogens with one attached hydrogen (secondary N) is 1. The van der Waals surface area contributed by atoms with Crippen LogP contribution in [0.5, 0.6) is 0 Å². The second-order valence-electron chi connectivity index (χ2n) is 6.86. The standard InChI is InChI=1S/C19H21N5O2S/c1-13-12-27-19-21-10-16(18(26)24(13)19)17(25)22-15-4-7-23(8-5-15)11-14-3-2-6-20-9-14/h2-3,6,9-10,12,15H,4-5,7-8,11H2,1H3,(H,22,25). The van der Waals surface area contributed by atoms with Crippen molar-refractivity contribution in [2.75, 3.05) is 13.1 Å². The molecule has 140 valence electrons. The van der Waals surface area contributed by atoms with Crippen LogP contribution in [0.1, 0.15) is 34.5 Å². The van der Waals surface area contributed by atoms with Crippen LogP contribution in [0, 0.1) is 6.92 Å². The van der Waals surface area contributed by atoms with E-state index in [9.17, 15) is 9.59 Å². The number of thiazole rings is 1. The number of nitrogens with zero attached hydrogens (tertiary/aromatic N) is 4. The molecule has 0 aromatic carbocycles. The monoisotopic (exact) mass is 383 g/mol. The normalized spacial score (nSPS) is 15.9. The van der Waals surface area contributed by atoms with Crippen molar-refractivity contribution in [3.8, 4) is 0 Å². The summed E-state index contributed by atoms with van der Waals surface area (Å²) in [4.78, 5) is 36.6. The predicted molar refractivity (Wildman–Crippen MR) is 104 cm³/mol. The zero-order valence-electron chi connectivity index (χ0n) is 15.1. The molecule has 1 aliphatic rings. The second-order valence-corrected chi connectivity index (χ2v) is 7.69. The van der Waals surface area contributed by atoms with Crippen molar-refractivity contribution in [2.45, 2.75) is 32.4 Å². The fourth-order valence-corrected chi connectivity index (χ4v) is 4.26. The molecular formula is C19H21N5O2S. The van der Waals surface area contributed by atoms with E-state index in [1.807, 2.05) is 24.6 Å². The summed E-state index contributed by atoms with van der Waals surface area (Å²) >= 11 is 1.40. The van der Waals surface area contributed by atoms with Crippen LogP contribution in [0.4, 0.5) is 0 Å². The Morgan fingerprint density at radius 1 is 1.33 bits per heavy atom. The molecule has 0 saturated carbocycles. The molecule has 1 fully saturated rings. The molecule has 0 unspecified atom stereocenters. The third kappa shape index (κ3) is 3.77. The molecule has 0 bridgehead atoms. The number of aryl methyl sites for hydroxylation is 1. The fraction of sp³-hybridized carbons (Fsp3) is 0.368. The lowest BCUT2D eigenvalue weighted by molar-refractivity contribution is 0.0907. The molecule has 8 heteroatoms. The van der Waals surface area contributed by atoms with E-state index in [1.54, 1.807) is 6.20 Å². The van der Waals surface area contributed by atoms with E-state index in [0.717, 1.165) is 38.2 Å². The van der Waals surface area contributed by atoms with E-state index in [2.05, 4.69) is 26.3 Å². The van der Waals surface area contributed by atoms with Crippen LogP contribution in [0.25, 0.3) is 4.96 Å². The molecule has 0 atom stereocenters. The third-order valence-electron chi connectivity index (χ3n) is 4.91. The zero-order chi connectivity index (χ0) is 18.8. The van der Waals surface area contributed by atoms with Gasteiger partial charge in [-0.05, 0) is 31.4 Å². The first-order chi connectivity index (χ1) is 13.1. The molecule has 1 amide bonds. The molecule has 27 heavy (non-hydrogen) atoms. The van der Waals surface area contributed by atoms with E-state index < -0.39 is 0 Å². The number of carbonyl (C=O) groups excluding carboxylic acids is 1. The van der Waals surface area contributed by atoms with E-state index >= 15 is 0 Å². The molecular weight excluding hydrogens is 362 g/mol. The Bertz CT molecular complexity index is 1010. The molecule has 4 heterocycles. The van der Waals surface area contributed by atoms with Crippen molar-refractivity contribution in [1.29, 1.82) is 0 Å². The van der Waals surface area contributed by atoms with Gasteiger partial charge in [0.2, 0.25) is 0 Å². The molecule has 3 aromatic rings. The number of fused-ring (bicyclic) bond motifs is 1. The number of amides is 1. The molecule has 1 aliphatic heterocycles. The van der Waals surface area contributed by atoms with Crippen LogP contribution >= 0.6 is 11.3 Å². The van der Waals surface area contributed by atoms with Gasteiger partial charge in [-0.1, -0.05) is 6.07 Å². The number of rotatable bonds is 4. The number of carbonyl (C=O) groups is 1. The Morgan fingerprint density at radius 2 is 2.15 bits per heavy atom. The number of pyridine rings is 1. The van der Waals surface area contributed by atoms with Gasteiger partial charge in [0, 0.05) is 55.3 Å². The van der Waals surface area contributed by atoms with Crippen LogP contribution < -0.4 is 10.9 Å². The first kappa shape index (κ1) is 17.8. The summed E-state index contributed by atoms with van der Waals surface area (Å²) in [6.45, 7) is 4.51. The molecule has 0 spiro atoms. The molecule has 4 rings (SSSR count). The van der Waals surface area contributed by atoms with Gasteiger partial charge in [0.25, 0.3) is 11.5 Å². The Hall–Kier alpha value is -2.58. The van der Waals surface area contributed by atoms with Crippen molar-refractivity contribution in [3.63, 3.8) is 0 Å². The third-order valence-corrected chi connectivity index (χ3v) is 5.87. The maximum Gasteiger partial charge on any atom is 0.271 e. The van der Waals surface area contributed by atoms with Crippen molar-refractivity contribution in [2.24, 2.45) is 0 Å². The minimum Gasteiger partial charge on any atom is -0.349 e. The highest BCUT2D eigenvalue weighted by Gasteiger charge is 2.23. The lowest BCUT2D eigenvalue weighted by atomic mass is 10.0. The van der Waals surface area contributed by atoms with Crippen LogP contribution in [0.3, 0.4) is 0 Å². The average Bonchev–Trinajstić information content (AvgIpc) is 3.06. The van der Waals surface area contributed by atoms with Gasteiger partial charge in [-0.25, -0.2) is 4.98 Å². The summed E-state index contributed by atoms with van der Waals surface area (Å²) in [6.07, 6.45) is 6.77. The van der Waals surface area contributed by atoms with E-state index in [-0.39, 0.29) is 23.1 Å². The van der Waals surface area contributed by atoms with Gasteiger partial charge in [0.05, 0.1) is 0 Å². The number of aromatic nitrogens is 3. The topological polar surface area (TPSA) is 79.6 Å². The summed E-state index contributed by atoms with van der Waals surface area (Å²) in [7, 11) is 0. The van der Waals surface area contributed by atoms with Crippen LogP contribution in [0.15, 0.2) is 40.9 Å². The van der Waals surface area contributed by atoms with E-state index in [1.165, 1.54) is 27.5 Å². The number of likely N-dealkylation sites (tertiary alicyclic amines) is 1. The highest BCUT2D eigenvalue weighted by Crippen LogP contribution is 2.14. The van der Waals surface area contributed by atoms with Crippen molar-refractivity contribution in [3.05, 3.63) is 63.3 Å². The van der Waals surface area contributed by atoms with Gasteiger partial charge >= 0.3 is 0 Å². The lowest BCUT2D eigenvalue weighted by Gasteiger charge is -2.32. The van der Waals surface area contributed by atoms with Crippen LogP contribution in [0.2, 0.25) is 0 Å². The summed E-state index contributed by atoms with van der Waals surface area (Å²) in [5.41, 5.74) is 1.79. The van der Waals surface area contributed by atoms with Gasteiger partial charge in [-0.2, -0.15) is 0 Å². The van der Waals surface area contributed by atoms with Crippen LogP contribution in [-0.2, 0) is 6.54 Å². The highest BCUT2D eigenvalue weighted by molar-refractivity contribution is 7.15. The molecule has 0 radical (unpaired) electrons. The minimum atomic E-state index is -0.335. The van der Waals surface area contributed by atoms with Crippen molar-refractivity contribution < 1.29 is 4.79 Å². The molecule has 3 aromatic heterocycles. The zero-order valence-corrected chi connectivity index (χ0v) is 15.9. The number of hydrogen-bond donors (Lipinski definition) is 1. The number of hydrogen-bond acceptors (Lipinski definition) is 6. The average molecular weight is 383 g/mol.